The number of anilines is 1. The fourth-order valence-corrected chi connectivity index (χ4v) is 4.19. The van der Waals surface area contributed by atoms with Crippen LogP contribution in [0.5, 0.6) is 0 Å². The van der Waals surface area contributed by atoms with Gasteiger partial charge in [-0.15, -0.1) is 0 Å². The number of carbonyl (C=O) groups is 1. The van der Waals surface area contributed by atoms with Gasteiger partial charge in [0.05, 0.1) is 16.1 Å². The summed E-state index contributed by atoms with van der Waals surface area (Å²) < 4.78 is 2.07. The summed E-state index contributed by atoms with van der Waals surface area (Å²) >= 11 is 4.96. The highest BCUT2D eigenvalue weighted by Crippen LogP contribution is 2.32. The molecule has 0 spiro atoms. The molecule has 0 aliphatic carbocycles. The molecule has 1 amide bonds. The van der Waals surface area contributed by atoms with Crippen molar-refractivity contribution in [1.82, 2.24) is 4.98 Å². The van der Waals surface area contributed by atoms with Crippen molar-refractivity contribution in [2.75, 3.05) is 5.32 Å². The van der Waals surface area contributed by atoms with Crippen LogP contribution in [0.15, 0.2) is 53.0 Å². The maximum Gasteiger partial charge on any atom is 0.233 e. The largest absolute Gasteiger partial charge is 0.301 e. The summed E-state index contributed by atoms with van der Waals surface area (Å²) in [6.07, 6.45) is 0.944. The molecule has 2 atom stereocenters. The number of fused-ring (bicyclic) bond motifs is 1. The Hall–Kier alpha value is -1.72. The van der Waals surface area contributed by atoms with E-state index in [1.165, 1.54) is 11.3 Å². The van der Waals surface area contributed by atoms with Gasteiger partial charge in [-0.1, -0.05) is 77.9 Å². The second-order valence-corrected chi connectivity index (χ2v) is 7.84. The van der Waals surface area contributed by atoms with Crippen LogP contribution in [0.2, 0.25) is 0 Å². The molecule has 5 heteroatoms. The van der Waals surface area contributed by atoms with E-state index in [2.05, 4.69) is 40.1 Å². The van der Waals surface area contributed by atoms with Gasteiger partial charge < -0.3 is 5.32 Å². The molecule has 3 aromatic rings. The first kappa shape index (κ1) is 17.1. The molecule has 24 heavy (non-hydrogen) atoms. The van der Waals surface area contributed by atoms with Crippen LogP contribution in [0.25, 0.3) is 10.2 Å². The third kappa shape index (κ3) is 3.68. The van der Waals surface area contributed by atoms with E-state index >= 15 is 0 Å². The number of hydrogen-bond acceptors (Lipinski definition) is 3. The molecule has 2 aromatic carbocycles. The minimum absolute atomic E-state index is 0.00803. The first-order valence-corrected chi connectivity index (χ1v) is 9.61. The van der Waals surface area contributed by atoms with E-state index in [1.807, 2.05) is 48.5 Å². The summed E-state index contributed by atoms with van der Waals surface area (Å²) in [6.45, 7) is 4.23. The van der Waals surface area contributed by atoms with Crippen LogP contribution in [0.3, 0.4) is 0 Å². The van der Waals surface area contributed by atoms with Crippen LogP contribution in [-0.2, 0) is 4.79 Å². The highest BCUT2D eigenvalue weighted by Gasteiger charge is 2.26. The van der Waals surface area contributed by atoms with E-state index in [9.17, 15) is 4.79 Å². The molecule has 0 saturated heterocycles. The van der Waals surface area contributed by atoms with E-state index in [1.54, 1.807) is 0 Å². The number of rotatable bonds is 5. The maximum atomic E-state index is 12.9. The van der Waals surface area contributed by atoms with Crippen LogP contribution in [0.1, 0.15) is 31.7 Å². The number of thiazole rings is 1. The predicted molar refractivity (Wildman–Crippen MR) is 105 cm³/mol. The van der Waals surface area contributed by atoms with Gasteiger partial charge in [0.15, 0.2) is 5.13 Å². The van der Waals surface area contributed by atoms with Gasteiger partial charge in [-0.2, -0.15) is 0 Å². The molecule has 0 fully saturated rings. The molecule has 0 radical (unpaired) electrons. The lowest BCUT2D eigenvalue weighted by Gasteiger charge is -2.22. The van der Waals surface area contributed by atoms with Gasteiger partial charge in [0.1, 0.15) is 0 Å². The van der Waals surface area contributed by atoms with Crippen molar-refractivity contribution in [3.05, 3.63) is 58.6 Å². The quantitative estimate of drug-likeness (QED) is 0.583. The third-order valence-corrected chi connectivity index (χ3v) is 5.66. The molecule has 124 valence electrons. The summed E-state index contributed by atoms with van der Waals surface area (Å²) in [4.78, 5) is 17.4. The van der Waals surface area contributed by atoms with E-state index in [-0.39, 0.29) is 17.7 Å². The Labute approximate surface area is 154 Å². The fourth-order valence-electron chi connectivity index (χ4n) is 2.77. The van der Waals surface area contributed by atoms with E-state index in [0.29, 0.717) is 5.13 Å². The Morgan fingerprint density at radius 1 is 1.25 bits per heavy atom. The topological polar surface area (TPSA) is 42.0 Å². The number of hydrogen-bond donors (Lipinski definition) is 1. The molecule has 3 rings (SSSR count). The van der Waals surface area contributed by atoms with Crippen LogP contribution in [0, 0.1) is 5.92 Å². The molecule has 1 N–H and O–H groups in total. The maximum absolute atomic E-state index is 12.9. The number of amides is 1. The summed E-state index contributed by atoms with van der Waals surface area (Å²) in [5.74, 6) is 0.0968. The van der Waals surface area contributed by atoms with Gasteiger partial charge in [-0.25, -0.2) is 4.98 Å². The number of nitrogens with zero attached hydrogens (tertiary/aromatic N) is 1. The second kappa shape index (κ2) is 7.45. The Kier molecular flexibility index (Phi) is 5.31. The number of aromatic nitrogens is 1. The molecule has 0 unspecified atom stereocenters. The van der Waals surface area contributed by atoms with Crippen LogP contribution < -0.4 is 5.32 Å². The van der Waals surface area contributed by atoms with Crippen LogP contribution in [0.4, 0.5) is 5.13 Å². The lowest BCUT2D eigenvalue weighted by molar-refractivity contribution is -0.118. The number of halogens is 1. The van der Waals surface area contributed by atoms with E-state index in [0.717, 1.165) is 26.7 Å². The summed E-state index contributed by atoms with van der Waals surface area (Å²) in [7, 11) is 0. The molecule has 0 aliphatic heterocycles. The Bertz CT molecular complexity index is 847. The van der Waals surface area contributed by atoms with Gasteiger partial charge in [0.25, 0.3) is 0 Å². The summed E-state index contributed by atoms with van der Waals surface area (Å²) in [5.41, 5.74) is 1.95. The zero-order valence-electron chi connectivity index (χ0n) is 13.6. The standard InChI is InChI=1S/C19H19BrN2OS/c1-3-12(2)17(13-7-5-4-6-8-13)18(23)22-19-21-15-10-9-14(20)11-16(15)24-19/h4-12,17H,3H2,1-2H3,(H,21,22,23)/t12-,17-/m1/s1. The zero-order chi connectivity index (χ0) is 17.1. The highest BCUT2D eigenvalue weighted by atomic mass is 79.9. The summed E-state index contributed by atoms with van der Waals surface area (Å²) in [6, 6.07) is 15.9. The zero-order valence-corrected chi connectivity index (χ0v) is 16.0. The van der Waals surface area contributed by atoms with Crippen LogP contribution >= 0.6 is 27.3 Å². The average Bonchev–Trinajstić information content (AvgIpc) is 2.97. The van der Waals surface area contributed by atoms with Gasteiger partial charge in [0.2, 0.25) is 5.91 Å². The predicted octanol–water partition coefficient (Wildman–Crippen LogP) is 5.83. The number of benzene rings is 2. The molecule has 3 nitrogen and oxygen atoms in total. The van der Waals surface area contributed by atoms with Gasteiger partial charge >= 0.3 is 0 Å². The SMILES string of the molecule is CC[C@@H](C)[C@@H](C(=O)Nc1nc2ccc(Br)cc2s1)c1ccccc1. The van der Waals surface area contributed by atoms with Crippen molar-refractivity contribution in [1.29, 1.82) is 0 Å². The van der Waals surface area contributed by atoms with Crippen molar-refractivity contribution in [2.24, 2.45) is 5.92 Å². The Morgan fingerprint density at radius 3 is 2.71 bits per heavy atom. The minimum Gasteiger partial charge on any atom is -0.301 e. The van der Waals surface area contributed by atoms with E-state index < -0.39 is 0 Å². The number of nitrogens with one attached hydrogen (secondary N) is 1. The molecular formula is C19H19BrN2OS. The van der Waals surface area contributed by atoms with Crippen LogP contribution in [-0.4, -0.2) is 10.9 Å². The Morgan fingerprint density at radius 2 is 2.00 bits per heavy atom. The van der Waals surface area contributed by atoms with Crippen molar-refractivity contribution >= 4 is 48.5 Å². The first-order valence-electron chi connectivity index (χ1n) is 8.00. The average molecular weight is 403 g/mol. The second-order valence-electron chi connectivity index (χ2n) is 5.89. The molecule has 0 saturated carbocycles. The first-order chi connectivity index (χ1) is 11.6. The van der Waals surface area contributed by atoms with Crippen molar-refractivity contribution in [3.63, 3.8) is 0 Å². The van der Waals surface area contributed by atoms with Gasteiger partial charge in [-0.3, -0.25) is 4.79 Å². The van der Waals surface area contributed by atoms with Crippen molar-refractivity contribution in [2.45, 2.75) is 26.2 Å². The molecule has 1 heterocycles. The van der Waals surface area contributed by atoms with Gasteiger partial charge in [0, 0.05) is 4.47 Å². The molecule has 1 aromatic heterocycles. The molecule has 0 bridgehead atoms. The fraction of sp³-hybridized carbons (Fsp3) is 0.263. The smallest absolute Gasteiger partial charge is 0.233 e. The van der Waals surface area contributed by atoms with Crippen molar-refractivity contribution < 1.29 is 4.79 Å². The molecule has 0 aliphatic rings. The monoisotopic (exact) mass is 402 g/mol. The Balaban J connectivity index is 1.87. The summed E-state index contributed by atoms with van der Waals surface area (Å²) in [5, 5.41) is 3.67. The lowest BCUT2D eigenvalue weighted by Crippen LogP contribution is -2.26. The minimum atomic E-state index is -0.171. The normalized spacial score (nSPS) is 13.6. The third-order valence-electron chi connectivity index (χ3n) is 4.23. The van der Waals surface area contributed by atoms with E-state index in [4.69, 9.17) is 0 Å². The van der Waals surface area contributed by atoms with Gasteiger partial charge in [-0.05, 0) is 29.7 Å². The number of carbonyl (C=O) groups excluding carboxylic acids is 1. The lowest BCUT2D eigenvalue weighted by atomic mass is 9.85. The molecular weight excluding hydrogens is 384 g/mol. The highest BCUT2D eigenvalue weighted by molar-refractivity contribution is 9.10. The van der Waals surface area contributed by atoms with Crippen molar-refractivity contribution in [3.8, 4) is 0 Å².